The Labute approximate surface area is 396 Å². The first-order valence-corrected chi connectivity index (χ1v) is 24.1. The van der Waals surface area contributed by atoms with E-state index in [0.29, 0.717) is 23.2 Å². The molecule has 6 rings (SSSR count). The Morgan fingerprint density at radius 2 is 1.69 bits per heavy atom. The Morgan fingerprint density at radius 1 is 0.956 bits per heavy atom. The molecule has 0 unspecified atom stereocenters. The third-order valence-corrected chi connectivity index (χ3v) is 13.0. The normalized spacial score (nSPS) is 15.6. The van der Waals surface area contributed by atoms with Crippen LogP contribution in [-0.4, -0.2) is 101 Å². The number of amides is 3. The number of alkyl halides is 3. The first-order chi connectivity index (χ1) is 32.2. The van der Waals surface area contributed by atoms with Crippen LogP contribution in [-0.2, 0) is 48.4 Å². The quantitative estimate of drug-likeness (QED) is 0.0475. The van der Waals surface area contributed by atoms with Gasteiger partial charge in [-0.15, -0.1) is 11.3 Å². The molecular formula is C46H54F3N9O8S2. The molecule has 3 heterocycles. The van der Waals surface area contributed by atoms with Crippen LogP contribution in [0.3, 0.4) is 0 Å². The smallest absolute Gasteiger partial charge is 0.421 e. The van der Waals surface area contributed by atoms with Gasteiger partial charge in [-0.3, -0.25) is 19.1 Å². The van der Waals surface area contributed by atoms with Crippen LogP contribution in [0.25, 0.3) is 10.4 Å². The number of halogens is 3. The van der Waals surface area contributed by atoms with E-state index in [0.717, 1.165) is 21.7 Å². The van der Waals surface area contributed by atoms with Crippen molar-refractivity contribution >= 4 is 62.2 Å². The number of nitrogens with one attached hydrogen (secondary N) is 5. The van der Waals surface area contributed by atoms with E-state index in [-0.39, 0.29) is 56.7 Å². The monoisotopic (exact) mass is 981 g/mol. The number of aliphatic hydroxyl groups is 1. The van der Waals surface area contributed by atoms with Crippen LogP contribution < -0.4 is 30.7 Å². The number of hydrogen-bond acceptors (Lipinski definition) is 14. The van der Waals surface area contributed by atoms with E-state index < -0.39 is 75.5 Å². The first-order valence-electron chi connectivity index (χ1n) is 21.6. The van der Waals surface area contributed by atoms with Crippen LogP contribution >= 0.6 is 11.3 Å². The summed E-state index contributed by atoms with van der Waals surface area (Å²) in [6.07, 6.45) is -4.97. The molecule has 3 atom stereocenters. The number of thiazole rings is 1. The summed E-state index contributed by atoms with van der Waals surface area (Å²) in [5, 5.41) is 21.7. The topological polar surface area (TPSA) is 226 Å². The number of rotatable bonds is 20. The van der Waals surface area contributed by atoms with Crippen molar-refractivity contribution in [1.82, 2.24) is 30.5 Å². The summed E-state index contributed by atoms with van der Waals surface area (Å²) in [6.45, 7) is 8.48. The van der Waals surface area contributed by atoms with Crippen molar-refractivity contribution in [2.45, 2.75) is 78.5 Å². The van der Waals surface area contributed by atoms with E-state index in [2.05, 4.69) is 40.9 Å². The van der Waals surface area contributed by atoms with Gasteiger partial charge in [-0.25, -0.2) is 18.4 Å². The standard InChI is InChI=1S/C46H54F3N9O8S2/c1-6-68(63,64)57-33-9-7-8-30(20-33)23-50-41-36(46(47,48)49)24-52-44(56-41)54-32-14-16-35(17-15-32)66-19-18-65-26-38(60)55-40(45(3,4)5)43(62)58-25-34(59)21-37(58)42(61)51-22-29-10-12-31(13-11-29)39-28(2)53-27-67-39/h7-17,20,24,27,34,37,40,57,59H,6,18-19,21-23,25-26H2,1-5H3,(H,51,61)(H,55,60)(H2,50,52,54,56)/t34-,37+,40-/m1/s1. The molecule has 0 radical (unpaired) electrons. The highest BCUT2D eigenvalue weighted by Gasteiger charge is 2.44. The SMILES string of the molecule is CCS(=O)(=O)Nc1cccc(CNc2nc(Nc3ccc(OCCOCC(=O)N[C@H](C(=O)N4C[C@H](O)C[C@H]4C(=O)NCc4ccc(-c5scnc5C)cc4)C(C)(C)C)cc3)ncc2C(F)(F)F)c1. The zero-order valence-electron chi connectivity index (χ0n) is 38.0. The van der Waals surface area contributed by atoms with Crippen molar-refractivity contribution in [2.75, 3.05) is 47.5 Å². The van der Waals surface area contributed by atoms with Crippen molar-refractivity contribution in [2.24, 2.45) is 5.41 Å². The fourth-order valence-corrected chi connectivity index (χ4v) is 8.54. The van der Waals surface area contributed by atoms with Crippen LogP contribution in [0, 0.1) is 12.3 Å². The Morgan fingerprint density at radius 3 is 2.35 bits per heavy atom. The van der Waals surface area contributed by atoms with Crippen LogP contribution in [0.15, 0.2) is 84.5 Å². The summed E-state index contributed by atoms with van der Waals surface area (Å²) in [7, 11) is -3.56. The molecule has 2 aromatic heterocycles. The Bertz CT molecular complexity index is 2650. The predicted octanol–water partition coefficient (Wildman–Crippen LogP) is 6.25. The van der Waals surface area contributed by atoms with Crippen LogP contribution in [0.4, 0.5) is 36.3 Å². The molecule has 5 aromatic rings. The van der Waals surface area contributed by atoms with Gasteiger partial charge in [-0.2, -0.15) is 18.2 Å². The summed E-state index contributed by atoms with van der Waals surface area (Å²) in [5.74, 6) is -1.82. The molecule has 1 aliphatic rings. The molecule has 0 bridgehead atoms. The zero-order chi connectivity index (χ0) is 49.2. The van der Waals surface area contributed by atoms with Gasteiger partial charge in [0.25, 0.3) is 0 Å². The fraction of sp³-hybridized carbons (Fsp3) is 0.391. The van der Waals surface area contributed by atoms with E-state index >= 15 is 0 Å². The number of aromatic nitrogens is 3. The minimum Gasteiger partial charge on any atom is -0.491 e. The number of benzene rings is 3. The number of nitrogens with zero attached hydrogens (tertiary/aromatic N) is 4. The number of likely N-dealkylation sites (tertiary alicyclic amines) is 1. The molecule has 6 N–H and O–H groups in total. The average molecular weight is 982 g/mol. The molecule has 3 amide bonds. The first kappa shape index (κ1) is 51.0. The Hall–Kier alpha value is -6.36. The van der Waals surface area contributed by atoms with E-state index in [4.69, 9.17) is 9.47 Å². The molecule has 1 fully saturated rings. The third-order valence-electron chi connectivity index (χ3n) is 10.7. The van der Waals surface area contributed by atoms with Gasteiger partial charge >= 0.3 is 6.18 Å². The molecule has 1 saturated heterocycles. The number of carbonyl (C=O) groups excluding carboxylic acids is 3. The summed E-state index contributed by atoms with van der Waals surface area (Å²) < 4.78 is 79.3. The van der Waals surface area contributed by atoms with Crippen molar-refractivity contribution in [1.29, 1.82) is 0 Å². The van der Waals surface area contributed by atoms with Crippen molar-refractivity contribution in [3.05, 3.63) is 107 Å². The van der Waals surface area contributed by atoms with Crippen LogP contribution in [0.5, 0.6) is 5.75 Å². The lowest BCUT2D eigenvalue weighted by Gasteiger charge is -2.35. The largest absolute Gasteiger partial charge is 0.491 e. The summed E-state index contributed by atoms with van der Waals surface area (Å²) in [5.41, 5.74) is 3.96. The second-order valence-corrected chi connectivity index (χ2v) is 19.9. The number of anilines is 4. The summed E-state index contributed by atoms with van der Waals surface area (Å²) in [4.78, 5) is 55.0. The lowest BCUT2D eigenvalue weighted by atomic mass is 9.85. The number of ether oxygens (including phenoxy) is 2. The number of hydrogen-bond donors (Lipinski definition) is 6. The summed E-state index contributed by atoms with van der Waals surface area (Å²) >= 11 is 1.55. The highest BCUT2D eigenvalue weighted by Crippen LogP contribution is 2.35. The molecule has 3 aromatic carbocycles. The van der Waals surface area contributed by atoms with Crippen LogP contribution in [0.2, 0.25) is 0 Å². The average Bonchev–Trinajstić information content (AvgIpc) is 3.91. The molecule has 0 saturated carbocycles. The van der Waals surface area contributed by atoms with Crippen LogP contribution in [0.1, 0.15) is 56.5 Å². The highest BCUT2D eigenvalue weighted by atomic mass is 32.2. The third kappa shape index (κ3) is 14.1. The molecule has 0 spiro atoms. The molecule has 17 nitrogen and oxygen atoms in total. The fourth-order valence-electron chi connectivity index (χ4n) is 7.10. The van der Waals surface area contributed by atoms with Gasteiger partial charge in [0.15, 0.2) is 0 Å². The second-order valence-electron chi connectivity index (χ2n) is 17.0. The maximum absolute atomic E-state index is 14.0. The minimum atomic E-state index is -4.76. The maximum atomic E-state index is 14.0. The van der Waals surface area contributed by atoms with Crippen molar-refractivity contribution in [3.63, 3.8) is 0 Å². The zero-order valence-corrected chi connectivity index (χ0v) is 39.6. The molecular weight excluding hydrogens is 928 g/mol. The lowest BCUT2D eigenvalue weighted by Crippen LogP contribution is -2.58. The second kappa shape index (κ2) is 22.2. The van der Waals surface area contributed by atoms with Crippen molar-refractivity contribution < 1.29 is 50.6 Å². The van der Waals surface area contributed by atoms with Gasteiger partial charge < -0.3 is 40.7 Å². The van der Waals surface area contributed by atoms with E-state index in [1.165, 1.54) is 24.0 Å². The Kier molecular flexibility index (Phi) is 16.6. The van der Waals surface area contributed by atoms with E-state index in [1.54, 1.807) is 74.0 Å². The van der Waals surface area contributed by atoms with Gasteiger partial charge in [0.1, 0.15) is 42.4 Å². The van der Waals surface area contributed by atoms with Gasteiger partial charge in [-0.1, -0.05) is 57.2 Å². The van der Waals surface area contributed by atoms with Gasteiger partial charge in [0.2, 0.25) is 33.7 Å². The number of sulfonamides is 1. The molecule has 364 valence electrons. The number of aliphatic hydroxyl groups excluding tert-OH is 1. The van der Waals surface area contributed by atoms with Gasteiger partial charge in [0, 0.05) is 43.6 Å². The van der Waals surface area contributed by atoms with Gasteiger partial charge in [-0.05, 0) is 72.4 Å². The number of β-amino-alcohol motifs (C(OH)–C–C–N with tert-alkyl or cyclic N) is 1. The number of carbonyl (C=O) groups is 3. The molecule has 68 heavy (non-hydrogen) atoms. The molecule has 0 aliphatic carbocycles. The van der Waals surface area contributed by atoms with E-state index in [1.807, 2.05) is 31.2 Å². The summed E-state index contributed by atoms with van der Waals surface area (Å²) in [6, 6.07) is 18.4. The maximum Gasteiger partial charge on any atom is 0.421 e. The number of aryl methyl sites for hydroxylation is 1. The Balaban J connectivity index is 0.957. The minimum absolute atomic E-state index is 0.00351. The van der Waals surface area contributed by atoms with E-state index in [9.17, 15) is 41.1 Å². The highest BCUT2D eigenvalue weighted by molar-refractivity contribution is 7.92. The van der Waals surface area contributed by atoms with Gasteiger partial charge in [0.05, 0.1) is 34.5 Å². The lowest BCUT2D eigenvalue weighted by molar-refractivity contribution is -0.144. The van der Waals surface area contributed by atoms with Crippen molar-refractivity contribution in [3.8, 4) is 16.2 Å². The molecule has 22 heteroatoms. The predicted molar refractivity (Wildman–Crippen MR) is 252 cm³/mol. The molecule has 1 aliphatic heterocycles.